The van der Waals surface area contributed by atoms with E-state index >= 15 is 0 Å². The van der Waals surface area contributed by atoms with Gasteiger partial charge in [0.05, 0.1) is 7.11 Å². The Bertz CT molecular complexity index is 696. The van der Waals surface area contributed by atoms with Gasteiger partial charge >= 0.3 is 0 Å². The van der Waals surface area contributed by atoms with Gasteiger partial charge in [-0.05, 0) is 41.1 Å². The van der Waals surface area contributed by atoms with Gasteiger partial charge in [-0.15, -0.1) is 11.3 Å². The van der Waals surface area contributed by atoms with Crippen LogP contribution in [0.15, 0.2) is 39.9 Å². The summed E-state index contributed by atoms with van der Waals surface area (Å²) in [4.78, 5) is 0. The van der Waals surface area contributed by atoms with Gasteiger partial charge in [0.1, 0.15) is 9.96 Å². The van der Waals surface area contributed by atoms with Crippen LogP contribution in [0, 0.1) is 0 Å². The normalized spacial score (nSPS) is 11.5. The molecule has 3 N–H and O–H groups in total. The smallest absolute Gasteiger partial charge is 0.250 e. The number of ether oxygens (including phenoxy) is 1. The topological polar surface area (TPSA) is 81.4 Å². The number of sulfonamides is 1. The molecule has 0 aliphatic heterocycles. The van der Waals surface area contributed by atoms with E-state index in [0.717, 1.165) is 16.9 Å². The second kappa shape index (κ2) is 7.04. The lowest BCUT2D eigenvalue weighted by molar-refractivity contribution is 0.414. The van der Waals surface area contributed by atoms with Gasteiger partial charge in [0.2, 0.25) is 10.0 Å². The van der Waals surface area contributed by atoms with E-state index in [1.54, 1.807) is 18.6 Å². The predicted molar refractivity (Wildman–Crippen MR) is 84.1 cm³/mol. The van der Waals surface area contributed by atoms with Crippen molar-refractivity contribution in [2.24, 2.45) is 5.73 Å². The summed E-state index contributed by atoms with van der Waals surface area (Å²) in [6.45, 7) is 0.682. The summed E-state index contributed by atoms with van der Waals surface area (Å²) >= 11 is 1.18. The van der Waals surface area contributed by atoms with Gasteiger partial charge < -0.3 is 10.5 Å². The van der Waals surface area contributed by atoms with Crippen LogP contribution < -0.4 is 15.2 Å². The Morgan fingerprint density at radius 1 is 1.29 bits per heavy atom. The van der Waals surface area contributed by atoms with Gasteiger partial charge in [-0.3, -0.25) is 0 Å². The standard InChI is InChI=1S/C14H18N2O3S2/c1-19-13-4-2-3-11(7-13)5-6-16-21(17,18)14-8-12(9-15)10-20-14/h2-4,7-8,10,16H,5-6,9,15H2,1H3. The van der Waals surface area contributed by atoms with Crippen LogP contribution in [0.25, 0.3) is 0 Å². The Kier molecular flexibility index (Phi) is 5.35. The van der Waals surface area contributed by atoms with Crippen LogP contribution in [-0.2, 0) is 23.0 Å². The SMILES string of the molecule is COc1cccc(CCNS(=O)(=O)c2cc(CN)cs2)c1. The molecule has 114 valence electrons. The largest absolute Gasteiger partial charge is 0.497 e. The summed E-state index contributed by atoms with van der Waals surface area (Å²) in [5.41, 5.74) is 7.34. The number of rotatable bonds is 7. The molecular weight excluding hydrogens is 308 g/mol. The molecule has 5 nitrogen and oxygen atoms in total. The van der Waals surface area contributed by atoms with E-state index in [2.05, 4.69) is 4.72 Å². The van der Waals surface area contributed by atoms with E-state index in [-0.39, 0.29) is 0 Å². The van der Waals surface area contributed by atoms with Gasteiger partial charge in [0.15, 0.2) is 0 Å². The van der Waals surface area contributed by atoms with Crippen molar-refractivity contribution in [1.29, 1.82) is 0 Å². The molecule has 0 atom stereocenters. The Labute approximate surface area is 128 Å². The Balaban J connectivity index is 1.95. The number of thiophene rings is 1. The predicted octanol–water partition coefficient (Wildman–Crippen LogP) is 1.74. The summed E-state index contributed by atoms with van der Waals surface area (Å²) in [5.74, 6) is 0.765. The molecular formula is C14H18N2O3S2. The minimum atomic E-state index is -3.45. The second-order valence-corrected chi connectivity index (χ2v) is 7.38. The van der Waals surface area contributed by atoms with Crippen molar-refractivity contribution in [3.05, 3.63) is 46.8 Å². The molecule has 0 unspecified atom stereocenters. The minimum Gasteiger partial charge on any atom is -0.497 e. The molecule has 0 radical (unpaired) electrons. The van der Waals surface area contributed by atoms with E-state index in [1.165, 1.54) is 11.3 Å². The molecule has 0 amide bonds. The maximum atomic E-state index is 12.1. The van der Waals surface area contributed by atoms with Crippen molar-refractivity contribution >= 4 is 21.4 Å². The summed E-state index contributed by atoms with van der Waals surface area (Å²) < 4.78 is 32.3. The molecule has 1 aromatic heterocycles. The zero-order valence-corrected chi connectivity index (χ0v) is 13.3. The number of methoxy groups -OCH3 is 1. The third-order valence-electron chi connectivity index (χ3n) is 2.97. The average molecular weight is 326 g/mol. The number of hydrogen-bond donors (Lipinski definition) is 2. The summed E-state index contributed by atoms with van der Waals surface area (Å²) in [5, 5.41) is 1.76. The Hall–Kier alpha value is -1.41. The van der Waals surface area contributed by atoms with E-state index in [1.807, 2.05) is 24.3 Å². The maximum Gasteiger partial charge on any atom is 0.250 e. The number of nitrogens with one attached hydrogen (secondary N) is 1. The summed E-state index contributed by atoms with van der Waals surface area (Å²) in [7, 11) is -1.85. The molecule has 0 fully saturated rings. The number of nitrogens with two attached hydrogens (primary N) is 1. The number of benzene rings is 1. The van der Waals surface area contributed by atoms with Crippen LogP contribution in [0.3, 0.4) is 0 Å². The third kappa shape index (κ3) is 4.28. The zero-order valence-electron chi connectivity index (χ0n) is 11.7. The van der Waals surface area contributed by atoms with E-state index in [4.69, 9.17) is 10.5 Å². The van der Waals surface area contributed by atoms with Crippen LogP contribution in [0.1, 0.15) is 11.1 Å². The first-order valence-electron chi connectivity index (χ1n) is 6.45. The first kappa shape index (κ1) is 16.0. The summed E-state index contributed by atoms with van der Waals surface area (Å²) in [6, 6.07) is 9.18. The molecule has 0 aliphatic rings. The lowest BCUT2D eigenvalue weighted by atomic mass is 10.1. The fraction of sp³-hybridized carbons (Fsp3) is 0.286. The fourth-order valence-electron chi connectivity index (χ4n) is 1.83. The van der Waals surface area contributed by atoms with Gasteiger partial charge in [0.25, 0.3) is 0 Å². The van der Waals surface area contributed by atoms with Crippen LogP contribution in [0.2, 0.25) is 0 Å². The first-order valence-corrected chi connectivity index (χ1v) is 8.81. The van der Waals surface area contributed by atoms with Crippen molar-refractivity contribution in [2.75, 3.05) is 13.7 Å². The quantitative estimate of drug-likeness (QED) is 0.812. The maximum absolute atomic E-state index is 12.1. The van der Waals surface area contributed by atoms with E-state index < -0.39 is 10.0 Å². The second-order valence-electron chi connectivity index (χ2n) is 4.48. The first-order chi connectivity index (χ1) is 10.0. The van der Waals surface area contributed by atoms with Gasteiger partial charge in [-0.1, -0.05) is 12.1 Å². The van der Waals surface area contributed by atoms with E-state index in [9.17, 15) is 8.42 Å². The van der Waals surface area contributed by atoms with Crippen LogP contribution in [0.4, 0.5) is 0 Å². The molecule has 2 rings (SSSR count). The Morgan fingerprint density at radius 3 is 2.76 bits per heavy atom. The lowest BCUT2D eigenvalue weighted by Gasteiger charge is -2.06. The molecule has 0 saturated carbocycles. The highest BCUT2D eigenvalue weighted by molar-refractivity contribution is 7.91. The molecule has 0 saturated heterocycles. The molecule has 1 heterocycles. The highest BCUT2D eigenvalue weighted by Gasteiger charge is 2.15. The zero-order chi connectivity index (χ0) is 15.3. The van der Waals surface area contributed by atoms with Crippen molar-refractivity contribution in [3.8, 4) is 5.75 Å². The molecule has 2 aromatic rings. The van der Waals surface area contributed by atoms with Gasteiger partial charge in [-0.25, -0.2) is 13.1 Å². The molecule has 0 spiro atoms. The fourth-order valence-corrected chi connectivity index (χ4v) is 4.13. The molecule has 0 bridgehead atoms. The minimum absolute atomic E-state index is 0.300. The van der Waals surface area contributed by atoms with Gasteiger partial charge in [0, 0.05) is 13.1 Å². The monoisotopic (exact) mass is 326 g/mol. The highest BCUT2D eigenvalue weighted by atomic mass is 32.2. The van der Waals surface area contributed by atoms with Crippen molar-refractivity contribution in [2.45, 2.75) is 17.2 Å². The summed E-state index contributed by atoms with van der Waals surface area (Å²) in [6.07, 6.45) is 0.603. The highest BCUT2D eigenvalue weighted by Crippen LogP contribution is 2.19. The van der Waals surface area contributed by atoms with Crippen molar-refractivity contribution < 1.29 is 13.2 Å². The van der Waals surface area contributed by atoms with Crippen LogP contribution >= 0.6 is 11.3 Å². The van der Waals surface area contributed by atoms with Gasteiger partial charge in [-0.2, -0.15) is 0 Å². The van der Waals surface area contributed by atoms with E-state index in [0.29, 0.717) is 23.7 Å². The van der Waals surface area contributed by atoms with Crippen LogP contribution in [-0.4, -0.2) is 22.1 Å². The third-order valence-corrected chi connectivity index (χ3v) is 5.92. The number of hydrogen-bond acceptors (Lipinski definition) is 5. The lowest BCUT2D eigenvalue weighted by Crippen LogP contribution is -2.25. The van der Waals surface area contributed by atoms with Crippen molar-refractivity contribution in [1.82, 2.24) is 4.72 Å². The molecule has 7 heteroatoms. The molecule has 0 aliphatic carbocycles. The molecule has 21 heavy (non-hydrogen) atoms. The molecule has 1 aromatic carbocycles. The Morgan fingerprint density at radius 2 is 2.10 bits per heavy atom. The average Bonchev–Trinajstić information content (AvgIpc) is 2.97. The van der Waals surface area contributed by atoms with Crippen LogP contribution in [0.5, 0.6) is 5.75 Å². The van der Waals surface area contributed by atoms with Crippen molar-refractivity contribution in [3.63, 3.8) is 0 Å².